The van der Waals surface area contributed by atoms with Crippen molar-refractivity contribution in [3.63, 3.8) is 0 Å². The third kappa shape index (κ3) is 4.69. The van der Waals surface area contributed by atoms with Crippen LogP contribution >= 0.6 is 15.9 Å². The van der Waals surface area contributed by atoms with Crippen LogP contribution in [0.3, 0.4) is 0 Å². The molecule has 4 aromatic rings. The lowest BCUT2D eigenvalue weighted by atomic mass is 10.1. The maximum atomic E-state index is 12.5. The summed E-state index contributed by atoms with van der Waals surface area (Å²) in [5, 5.41) is 14.0. The van der Waals surface area contributed by atoms with E-state index in [1.54, 1.807) is 30.3 Å². The van der Waals surface area contributed by atoms with Crippen LogP contribution in [0.5, 0.6) is 11.5 Å². The Morgan fingerprint density at radius 3 is 2.80 bits per heavy atom. The molecular weight excluding hydrogens is 450 g/mol. The van der Waals surface area contributed by atoms with Crippen LogP contribution in [-0.2, 0) is 6.73 Å². The molecule has 2 aromatic heterocycles. The van der Waals surface area contributed by atoms with Crippen molar-refractivity contribution in [2.24, 2.45) is 0 Å². The van der Waals surface area contributed by atoms with Gasteiger partial charge in [-0.15, -0.1) is 0 Å². The molecule has 0 saturated carbocycles. The van der Waals surface area contributed by atoms with E-state index in [9.17, 15) is 4.79 Å². The highest BCUT2D eigenvalue weighted by Crippen LogP contribution is 2.23. The zero-order valence-corrected chi connectivity index (χ0v) is 17.6. The largest absolute Gasteiger partial charge is 0.497 e. The minimum Gasteiger partial charge on any atom is -0.497 e. The van der Waals surface area contributed by atoms with Crippen molar-refractivity contribution in [1.82, 2.24) is 20.0 Å². The number of amides is 1. The summed E-state index contributed by atoms with van der Waals surface area (Å²) in [4.78, 5) is 12.5. The predicted octanol–water partition coefficient (Wildman–Crippen LogP) is 4.33. The Balaban J connectivity index is 1.37. The summed E-state index contributed by atoms with van der Waals surface area (Å²) >= 11 is 3.38. The van der Waals surface area contributed by atoms with Crippen molar-refractivity contribution < 1.29 is 14.3 Å². The molecule has 0 bridgehead atoms. The molecule has 0 aliphatic rings. The molecule has 2 heterocycles. The molecule has 0 atom stereocenters. The Kier molecular flexibility index (Phi) is 5.80. The van der Waals surface area contributed by atoms with E-state index in [1.807, 2.05) is 48.5 Å². The second-order valence-corrected chi connectivity index (χ2v) is 7.26. The van der Waals surface area contributed by atoms with Gasteiger partial charge in [-0.25, -0.2) is 4.68 Å². The van der Waals surface area contributed by atoms with Crippen LogP contribution in [0.15, 0.2) is 71.5 Å². The van der Waals surface area contributed by atoms with Gasteiger partial charge in [0.2, 0.25) is 0 Å². The van der Waals surface area contributed by atoms with Crippen LogP contribution in [0.25, 0.3) is 11.3 Å². The molecule has 0 fully saturated rings. The van der Waals surface area contributed by atoms with E-state index in [2.05, 4.69) is 36.5 Å². The van der Waals surface area contributed by atoms with E-state index in [1.165, 1.54) is 0 Å². The number of nitrogens with one attached hydrogen (secondary N) is 2. The van der Waals surface area contributed by atoms with Crippen molar-refractivity contribution >= 4 is 27.5 Å². The Hall–Kier alpha value is -3.59. The summed E-state index contributed by atoms with van der Waals surface area (Å²) in [6.07, 6.45) is 3.25. The minimum atomic E-state index is -0.315. The lowest BCUT2D eigenvalue weighted by Gasteiger charge is -2.05. The number of hydrogen-bond donors (Lipinski definition) is 2. The van der Waals surface area contributed by atoms with Gasteiger partial charge in [0, 0.05) is 10.0 Å². The molecule has 8 nitrogen and oxygen atoms in total. The van der Waals surface area contributed by atoms with Gasteiger partial charge in [-0.2, -0.15) is 10.2 Å². The van der Waals surface area contributed by atoms with E-state index in [-0.39, 0.29) is 12.6 Å². The number of hydrogen-bond acceptors (Lipinski definition) is 5. The predicted molar refractivity (Wildman–Crippen MR) is 116 cm³/mol. The Morgan fingerprint density at radius 2 is 2.00 bits per heavy atom. The molecule has 30 heavy (non-hydrogen) atoms. The first-order valence-electron chi connectivity index (χ1n) is 9.03. The van der Waals surface area contributed by atoms with Crippen LogP contribution < -0.4 is 14.8 Å². The number of ether oxygens (including phenoxy) is 2. The monoisotopic (exact) mass is 467 g/mol. The minimum absolute atomic E-state index is 0.224. The summed E-state index contributed by atoms with van der Waals surface area (Å²) in [6.45, 7) is 0.224. The zero-order valence-electron chi connectivity index (χ0n) is 16.0. The number of methoxy groups -OCH3 is 1. The standard InChI is InChI=1S/C21H18BrN5O3/c1-29-18-4-2-3-14(9-18)19-10-20(26-25-19)21(28)24-16-11-23-27(12-16)13-30-17-7-5-15(22)6-8-17/h2-12H,13H2,1H3,(H,24,28)(H,25,26). The molecule has 0 radical (unpaired) electrons. The van der Waals surface area contributed by atoms with Crippen molar-refractivity contribution in [3.05, 3.63) is 77.2 Å². The maximum Gasteiger partial charge on any atom is 0.273 e. The maximum absolute atomic E-state index is 12.5. The van der Waals surface area contributed by atoms with E-state index >= 15 is 0 Å². The second-order valence-electron chi connectivity index (χ2n) is 6.35. The van der Waals surface area contributed by atoms with Gasteiger partial charge >= 0.3 is 0 Å². The normalized spacial score (nSPS) is 10.6. The van der Waals surface area contributed by atoms with Crippen LogP contribution in [0.1, 0.15) is 10.5 Å². The third-order valence-electron chi connectivity index (χ3n) is 4.26. The number of benzene rings is 2. The van der Waals surface area contributed by atoms with Gasteiger partial charge < -0.3 is 14.8 Å². The van der Waals surface area contributed by atoms with Gasteiger partial charge in [0.05, 0.1) is 30.9 Å². The quantitative estimate of drug-likeness (QED) is 0.421. The number of H-pyrrole nitrogens is 1. The van der Waals surface area contributed by atoms with E-state index in [0.717, 1.165) is 21.5 Å². The lowest BCUT2D eigenvalue weighted by Crippen LogP contribution is -2.12. The van der Waals surface area contributed by atoms with Crippen molar-refractivity contribution in [2.45, 2.75) is 6.73 Å². The van der Waals surface area contributed by atoms with E-state index in [4.69, 9.17) is 9.47 Å². The van der Waals surface area contributed by atoms with Gasteiger partial charge in [-0.05, 0) is 42.5 Å². The first-order chi connectivity index (χ1) is 14.6. The van der Waals surface area contributed by atoms with Crippen molar-refractivity contribution in [3.8, 4) is 22.8 Å². The highest BCUT2D eigenvalue weighted by Gasteiger charge is 2.13. The molecule has 0 aliphatic heterocycles. The molecule has 4 rings (SSSR count). The fraction of sp³-hybridized carbons (Fsp3) is 0.0952. The fourth-order valence-corrected chi connectivity index (χ4v) is 3.00. The van der Waals surface area contributed by atoms with Gasteiger partial charge in [0.1, 0.15) is 17.2 Å². The SMILES string of the molecule is COc1cccc(-c2cc(C(=O)Nc3cnn(COc4ccc(Br)cc4)c3)[nH]n2)c1. The number of nitrogens with zero attached hydrogens (tertiary/aromatic N) is 3. The molecule has 2 aromatic carbocycles. The highest BCUT2D eigenvalue weighted by molar-refractivity contribution is 9.10. The molecule has 0 aliphatic carbocycles. The van der Waals surface area contributed by atoms with Crippen LogP contribution in [0, 0.1) is 0 Å². The number of aromatic nitrogens is 4. The first kappa shape index (κ1) is 19.7. The topological polar surface area (TPSA) is 94.1 Å². The summed E-state index contributed by atoms with van der Waals surface area (Å²) < 4.78 is 13.5. The van der Waals surface area contributed by atoms with Crippen LogP contribution in [0.2, 0.25) is 0 Å². The van der Waals surface area contributed by atoms with Crippen LogP contribution in [0.4, 0.5) is 5.69 Å². The molecule has 0 saturated heterocycles. The van der Waals surface area contributed by atoms with Gasteiger partial charge in [0.15, 0.2) is 6.73 Å². The Labute approximate surface area is 181 Å². The molecule has 0 unspecified atom stereocenters. The smallest absolute Gasteiger partial charge is 0.273 e. The first-order valence-corrected chi connectivity index (χ1v) is 9.82. The van der Waals surface area contributed by atoms with Gasteiger partial charge in [-0.3, -0.25) is 9.89 Å². The number of carbonyl (C=O) groups excluding carboxylic acids is 1. The third-order valence-corrected chi connectivity index (χ3v) is 4.78. The highest BCUT2D eigenvalue weighted by atomic mass is 79.9. The average Bonchev–Trinajstić information content (AvgIpc) is 3.43. The van der Waals surface area contributed by atoms with Crippen molar-refractivity contribution in [1.29, 1.82) is 0 Å². The number of carbonyl (C=O) groups is 1. The molecule has 1 amide bonds. The molecule has 152 valence electrons. The van der Waals surface area contributed by atoms with Crippen molar-refractivity contribution in [2.75, 3.05) is 12.4 Å². The van der Waals surface area contributed by atoms with Gasteiger partial charge in [-0.1, -0.05) is 28.1 Å². The van der Waals surface area contributed by atoms with Crippen LogP contribution in [-0.4, -0.2) is 33.0 Å². The summed E-state index contributed by atoms with van der Waals surface area (Å²) in [6, 6.07) is 16.7. The average molecular weight is 468 g/mol. The number of halogens is 1. The summed E-state index contributed by atoms with van der Waals surface area (Å²) in [7, 11) is 1.60. The van der Waals surface area contributed by atoms with Gasteiger partial charge in [0.25, 0.3) is 5.91 Å². The fourth-order valence-electron chi connectivity index (χ4n) is 2.74. The lowest BCUT2D eigenvalue weighted by molar-refractivity contribution is 0.102. The number of anilines is 1. The van der Waals surface area contributed by atoms with E-state index in [0.29, 0.717) is 17.1 Å². The number of rotatable bonds is 7. The Morgan fingerprint density at radius 1 is 1.17 bits per heavy atom. The second kappa shape index (κ2) is 8.83. The molecule has 2 N–H and O–H groups in total. The molecule has 9 heteroatoms. The molecular formula is C21H18BrN5O3. The summed E-state index contributed by atoms with van der Waals surface area (Å²) in [5.41, 5.74) is 2.39. The zero-order chi connectivity index (χ0) is 20.9. The Bertz CT molecular complexity index is 1150. The number of aromatic amines is 1. The summed E-state index contributed by atoms with van der Waals surface area (Å²) in [5.74, 6) is 1.13. The van der Waals surface area contributed by atoms with E-state index < -0.39 is 0 Å². The molecule has 0 spiro atoms.